The number of aliphatic carboxylic acids is 1. The lowest BCUT2D eigenvalue weighted by atomic mass is 10.1. The summed E-state index contributed by atoms with van der Waals surface area (Å²) < 4.78 is 13.3. The number of hydrogen-bond donors (Lipinski definition) is 4. The number of nitrogens with one attached hydrogen (secondary N) is 3. The standard InChI is InChI=1S/C24H23N5O4S/c30-22(31)14-21(17-3-2-10-25-15-17)34(33)20-5-1-4-19(13-20)28-23(32)16-6-8-18(9-7-16)29-24-26-11-12-27-24/h1-10,13,15,21H,11-12,14H2,(H,28,32)(H,30,31)(H2,26,27,29). The molecule has 2 heterocycles. The van der Waals surface area contributed by atoms with Gasteiger partial charge in [-0.25, -0.2) is 0 Å². The van der Waals surface area contributed by atoms with E-state index in [9.17, 15) is 19.2 Å². The van der Waals surface area contributed by atoms with Crippen molar-refractivity contribution in [2.75, 3.05) is 23.7 Å². The Labute approximate surface area is 199 Å². The third-order valence-corrected chi connectivity index (χ3v) is 6.76. The van der Waals surface area contributed by atoms with Gasteiger partial charge < -0.3 is 25.6 Å². The highest BCUT2D eigenvalue weighted by Crippen LogP contribution is 2.32. The van der Waals surface area contributed by atoms with E-state index in [1.54, 1.807) is 66.9 Å². The van der Waals surface area contributed by atoms with Crippen LogP contribution in [0.25, 0.3) is 0 Å². The Bertz CT molecular complexity index is 1190. The monoisotopic (exact) mass is 477 g/mol. The Morgan fingerprint density at radius 3 is 2.62 bits per heavy atom. The average molecular weight is 478 g/mol. The fourth-order valence-corrected chi connectivity index (χ4v) is 4.90. The molecule has 0 saturated heterocycles. The summed E-state index contributed by atoms with van der Waals surface area (Å²) in [5.41, 5.74) is 2.30. The van der Waals surface area contributed by atoms with Gasteiger partial charge in [0.25, 0.3) is 5.91 Å². The van der Waals surface area contributed by atoms with Crippen LogP contribution in [0.4, 0.5) is 11.4 Å². The summed E-state index contributed by atoms with van der Waals surface area (Å²) in [5, 5.41) is 17.6. The quantitative estimate of drug-likeness (QED) is 0.366. The summed E-state index contributed by atoms with van der Waals surface area (Å²) in [6, 6.07) is 17.0. The number of carbonyl (C=O) groups excluding carboxylic acids is 1. The van der Waals surface area contributed by atoms with Crippen molar-refractivity contribution in [2.24, 2.45) is 4.99 Å². The third kappa shape index (κ3) is 5.91. The molecule has 0 fully saturated rings. The summed E-state index contributed by atoms with van der Waals surface area (Å²) in [7, 11) is 0. The number of carbonyl (C=O) groups is 2. The molecule has 0 aliphatic carbocycles. The Kier molecular flexibility index (Phi) is 7.41. The second-order valence-electron chi connectivity index (χ2n) is 7.51. The number of aliphatic imine (C=N–C) groups is 1. The zero-order valence-electron chi connectivity index (χ0n) is 18.1. The number of carboxylic acid groups (broad SMARTS) is 1. The molecule has 1 aliphatic heterocycles. The lowest BCUT2D eigenvalue weighted by molar-refractivity contribution is -0.137. The van der Waals surface area contributed by atoms with Crippen LogP contribution in [0.15, 0.2) is 82.9 Å². The summed E-state index contributed by atoms with van der Waals surface area (Å²) in [6.07, 6.45) is 2.78. The minimum absolute atomic E-state index is 0.308. The smallest absolute Gasteiger partial charge is 0.308 e. The highest BCUT2D eigenvalue weighted by molar-refractivity contribution is 7.91. The van der Waals surface area contributed by atoms with Crippen molar-refractivity contribution >= 4 is 40.4 Å². The van der Waals surface area contributed by atoms with Gasteiger partial charge in [-0.1, -0.05) is 12.1 Å². The van der Waals surface area contributed by atoms with Crippen LogP contribution in [0.3, 0.4) is 0 Å². The van der Waals surface area contributed by atoms with E-state index in [4.69, 9.17) is 0 Å². The normalized spacial score (nSPS) is 14.4. The van der Waals surface area contributed by atoms with Gasteiger partial charge in [0.1, 0.15) is 0 Å². The number of nitrogens with zero attached hydrogens (tertiary/aromatic N) is 2. The SMILES string of the molecule is O=C(O)CC(c1cccnc1)[S+]([O-])c1cccc(NC(=O)c2ccc(NC3=NCCN3)cc2)c1. The van der Waals surface area contributed by atoms with E-state index in [1.807, 2.05) is 0 Å². The van der Waals surface area contributed by atoms with Gasteiger partial charge in [-0.3, -0.25) is 19.6 Å². The van der Waals surface area contributed by atoms with Gasteiger partial charge in [0.2, 0.25) is 0 Å². The van der Waals surface area contributed by atoms with Gasteiger partial charge in [0.05, 0.1) is 13.0 Å². The van der Waals surface area contributed by atoms with Gasteiger partial charge in [-0.2, -0.15) is 0 Å². The zero-order valence-corrected chi connectivity index (χ0v) is 18.9. The van der Waals surface area contributed by atoms with Crippen LogP contribution in [0.5, 0.6) is 0 Å². The van der Waals surface area contributed by atoms with Crippen molar-refractivity contribution in [3.8, 4) is 0 Å². The Balaban J connectivity index is 1.46. The second kappa shape index (κ2) is 10.8. The molecule has 1 amide bonds. The molecule has 174 valence electrons. The van der Waals surface area contributed by atoms with Crippen LogP contribution in [0.2, 0.25) is 0 Å². The lowest BCUT2D eigenvalue weighted by Crippen LogP contribution is -2.26. The maximum atomic E-state index is 13.3. The predicted octanol–water partition coefficient (Wildman–Crippen LogP) is 3.03. The first kappa shape index (κ1) is 23.3. The molecule has 4 rings (SSSR count). The molecule has 10 heteroatoms. The molecule has 0 bridgehead atoms. The number of benzene rings is 2. The van der Waals surface area contributed by atoms with E-state index in [0.29, 0.717) is 27.7 Å². The Morgan fingerprint density at radius 1 is 1.12 bits per heavy atom. The van der Waals surface area contributed by atoms with E-state index in [-0.39, 0.29) is 12.3 Å². The van der Waals surface area contributed by atoms with Gasteiger partial charge in [-0.05, 0) is 53.6 Å². The van der Waals surface area contributed by atoms with Gasteiger partial charge >= 0.3 is 5.97 Å². The number of amides is 1. The van der Waals surface area contributed by atoms with Crippen LogP contribution >= 0.6 is 0 Å². The largest absolute Gasteiger partial charge is 0.611 e. The molecule has 0 radical (unpaired) electrons. The summed E-state index contributed by atoms with van der Waals surface area (Å²) >= 11 is -1.67. The van der Waals surface area contributed by atoms with E-state index >= 15 is 0 Å². The summed E-state index contributed by atoms with van der Waals surface area (Å²) in [4.78, 5) is 32.8. The third-order valence-electron chi connectivity index (χ3n) is 5.08. The molecule has 4 N–H and O–H groups in total. The van der Waals surface area contributed by atoms with E-state index < -0.39 is 22.4 Å². The van der Waals surface area contributed by atoms with Crippen molar-refractivity contribution < 1.29 is 19.2 Å². The highest BCUT2D eigenvalue weighted by atomic mass is 32.2. The number of hydrogen-bond acceptors (Lipinski definition) is 7. The van der Waals surface area contributed by atoms with E-state index in [1.165, 1.54) is 6.20 Å². The fraction of sp³-hybridized carbons (Fsp3) is 0.167. The maximum Gasteiger partial charge on any atom is 0.308 e. The summed E-state index contributed by atoms with van der Waals surface area (Å²) in [6.45, 7) is 1.53. The second-order valence-corrected chi connectivity index (χ2v) is 9.15. The van der Waals surface area contributed by atoms with Crippen molar-refractivity contribution in [1.82, 2.24) is 10.3 Å². The molecule has 2 unspecified atom stereocenters. The topological polar surface area (TPSA) is 139 Å². The highest BCUT2D eigenvalue weighted by Gasteiger charge is 2.30. The average Bonchev–Trinajstić information content (AvgIpc) is 3.36. The van der Waals surface area contributed by atoms with Gasteiger partial charge in [-0.15, -0.1) is 0 Å². The van der Waals surface area contributed by atoms with Crippen molar-refractivity contribution in [1.29, 1.82) is 0 Å². The molecule has 0 spiro atoms. The van der Waals surface area contributed by atoms with Gasteiger partial charge in [0, 0.05) is 47.5 Å². The molecule has 34 heavy (non-hydrogen) atoms. The first-order valence-corrected chi connectivity index (χ1v) is 11.8. The number of pyridine rings is 1. The molecule has 1 aromatic heterocycles. The first-order valence-electron chi connectivity index (χ1n) is 10.6. The Morgan fingerprint density at radius 2 is 1.94 bits per heavy atom. The zero-order chi connectivity index (χ0) is 23.9. The van der Waals surface area contributed by atoms with E-state index in [2.05, 4.69) is 25.9 Å². The van der Waals surface area contributed by atoms with Crippen molar-refractivity contribution in [3.63, 3.8) is 0 Å². The van der Waals surface area contributed by atoms with E-state index in [0.717, 1.165) is 18.8 Å². The lowest BCUT2D eigenvalue weighted by Gasteiger charge is -2.20. The molecule has 3 aromatic rings. The molecule has 0 saturated carbocycles. The maximum absolute atomic E-state index is 13.3. The Hall–Kier alpha value is -3.89. The minimum atomic E-state index is -1.67. The van der Waals surface area contributed by atoms with Crippen molar-refractivity contribution in [2.45, 2.75) is 16.6 Å². The molecular weight excluding hydrogens is 454 g/mol. The minimum Gasteiger partial charge on any atom is -0.611 e. The number of anilines is 2. The molecule has 9 nitrogen and oxygen atoms in total. The molecule has 1 aliphatic rings. The molecular formula is C24H23N5O4S. The van der Waals surface area contributed by atoms with Crippen LogP contribution in [0.1, 0.15) is 27.6 Å². The number of carboxylic acids is 1. The van der Waals surface area contributed by atoms with Crippen LogP contribution in [-0.2, 0) is 16.0 Å². The molecule has 2 atom stereocenters. The van der Waals surface area contributed by atoms with Crippen LogP contribution < -0.4 is 16.0 Å². The van der Waals surface area contributed by atoms with Crippen LogP contribution in [-0.4, -0.2) is 45.6 Å². The van der Waals surface area contributed by atoms with Gasteiger partial charge in [0.15, 0.2) is 16.1 Å². The van der Waals surface area contributed by atoms with Crippen molar-refractivity contribution in [3.05, 3.63) is 84.2 Å². The number of guanidine groups is 1. The summed E-state index contributed by atoms with van der Waals surface area (Å²) in [5.74, 6) is -0.671. The predicted molar refractivity (Wildman–Crippen MR) is 130 cm³/mol. The number of aromatic nitrogens is 1. The fourth-order valence-electron chi connectivity index (χ4n) is 3.43. The van der Waals surface area contributed by atoms with Crippen LogP contribution in [0, 0.1) is 0 Å². The molecule has 2 aromatic carbocycles. The number of rotatable bonds is 8. The first-order chi connectivity index (χ1) is 16.5.